The molecule has 0 aliphatic carbocycles. The minimum absolute atomic E-state index is 0.139. The first-order chi connectivity index (χ1) is 11.2. The zero-order valence-electron chi connectivity index (χ0n) is 13.2. The van der Waals surface area contributed by atoms with Crippen LogP contribution < -0.4 is 0 Å². The molecule has 0 unspecified atom stereocenters. The zero-order valence-corrected chi connectivity index (χ0v) is 13.9. The van der Waals surface area contributed by atoms with Crippen molar-refractivity contribution in [3.8, 4) is 0 Å². The Labute approximate surface area is 141 Å². The minimum Gasteiger partial charge on any atom is -0.389 e. The highest BCUT2D eigenvalue weighted by molar-refractivity contribution is 6.31. The molecule has 4 heterocycles. The van der Waals surface area contributed by atoms with E-state index in [4.69, 9.17) is 21.1 Å². The predicted octanol–water partition coefficient (Wildman–Crippen LogP) is 1.72. The molecule has 4 rings (SSSR count). The van der Waals surface area contributed by atoms with Crippen LogP contribution in [0.25, 0.3) is 0 Å². The van der Waals surface area contributed by atoms with Gasteiger partial charge in [0, 0.05) is 63.0 Å². The molecular formula is C17H23ClN2O3. The maximum absolute atomic E-state index is 11.3. The summed E-state index contributed by atoms with van der Waals surface area (Å²) in [6.45, 7) is 4.30. The predicted molar refractivity (Wildman–Crippen MR) is 86.2 cm³/mol. The van der Waals surface area contributed by atoms with E-state index in [1.165, 1.54) is 0 Å². The quantitative estimate of drug-likeness (QED) is 0.890. The average Bonchev–Trinajstić information content (AvgIpc) is 2.58. The van der Waals surface area contributed by atoms with Gasteiger partial charge in [-0.25, -0.2) is 0 Å². The molecule has 4 atom stereocenters. The monoisotopic (exact) mass is 338 g/mol. The van der Waals surface area contributed by atoms with Gasteiger partial charge in [-0.2, -0.15) is 0 Å². The molecule has 1 aromatic heterocycles. The standard InChI is InChI=1S/C17H23ClN2O3/c18-15-7-19-4-1-12(15)8-20-9-13-10-23-6-3-17(13,21)14-11-22-5-2-16(14)20/h1,4,7,13-14,16,21H,2-3,5-6,8-11H2/t13-,14+,16-,17-/m0/s1. The van der Waals surface area contributed by atoms with Crippen molar-refractivity contribution in [1.29, 1.82) is 0 Å². The fraction of sp³-hybridized carbons (Fsp3) is 0.706. The summed E-state index contributed by atoms with van der Waals surface area (Å²) in [5.74, 6) is 0.291. The number of halogens is 1. The molecule has 0 aromatic carbocycles. The van der Waals surface area contributed by atoms with Gasteiger partial charge in [-0.05, 0) is 18.1 Å². The Kier molecular flexibility index (Phi) is 4.32. The van der Waals surface area contributed by atoms with Crippen LogP contribution in [-0.4, -0.2) is 59.6 Å². The van der Waals surface area contributed by atoms with Gasteiger partial charge in [-0.1, -0.05) is 11.6 Å². The van der Waals surface area contributed by atoms with Crippen molar-refractivity contribution in [1.82, 2.24) is 9.88 Å². The van der Waals surface area contributed by atoms with E-state index in [0.717, 1.165) is 31.7 Å². The molecule has 3 saturated heterocycles. The molecule has 3 aliphatic rings. The van der Waals surface area contributed by atoms with E-state index in [9.17, 15) is 5.11 Å². The maximum atomic E-state index is 11.3. The number of rotatable bonds is 2. The summed E-state index contributed by atoms with van der Waals surface area (Å²) in [4.78, 5) is 6.53. The molecule has 3 aliphatic heterocycles. The topological polar surface area (TPSA) is 54.8 Å². The number of piperidine rings is 1. The second kappa shape index (κ2) is 6.30. The van der Waals surface area contributed by atoms with Gasteiger partial charge >= 0.3 is 0 Å². The Morgan fingerprint density at radius 3 is 3.09 bits per heavy atom. The summed E-state index contributed by atoms with van der Waals surface area (Å²) in [6, 6.07) is 2.32. The van der Waals surface area contributed by atoms with E-state index >= 15 is 0 Å². The minimum atomic E-state index is -0.651. The number of hydrogen-bond donors (Lipinski definition) is 1. The number of hydrogen-bond acceptors (Lipinski definition) is 5. The number of ether oxygens (including phenoxy) is 2. The molecule has 0 amide bonds. The number of nitrogens with zero attached hydrogens (tertiary/aromatic N) is 2. The number of likely N-dealkylation sites (tertiary alicyclic amines) is 1. The molecular weight excluding hydrogens is 316 g/mol. The van der Waals surface area contributed by atoms with Crippen LogP contribution in [0.1, 0.15) is 18.4 Å². The fourth-order valence-corrected chi connectivity index (χ4v) is 4.68. The first-order valence-electron chi connectivity index (χ1n) is 8.39. The van der Waals surface area contributed by atoms with Gasteiger partial charge in [0.2, 0.25) is 0 Å². The lowest BCUT2D eigenvalue weighted by molar-refractivity contribution is -0.221. The molecule has 0 bridgehead atoms. The van der Waals surface area contributed by atoms with Crippen molar-refractivity contribution in [3.05, 3.63) is 29.0 Å². The average molecular weight is 339 g/mol. The lowest BCUT2D eigenvalue weighted by atomic mass is 9.66. The maximum Gasteiger partial charge on any atom is 0.0796 e. The van der Waals surface area contributed by atoms with Crippen molar-refractivity contribution in [2.45, 2.75) is 31.0 Å². The van der Waals surface area contributed by atoms with Crippen LogP contribution in [0.4, 0.5) is 0 Å². The summed E-state index contributed by atoms with van der Waals surface area (Å²) < 4.78 is 11.4. The summed E-state index contributed by atoms with van der Waals surface area (Å²) in [7, 11) is 0. The third kappa shape index (κ3) is 2.79. The highest BCUT2D eigenvalue weighted by Crippen LogP contribution is 2.44. The van der Waals surface area contributed by atoms with Crippen molar-refractivity contribution in [2.75, 3.05) is 33.0 Å². The second-order valence-corrected chi connectivity index (χ2v) is 7.35. The SMILES string of the molecule is O[C@@]12CCOC[C@@H]1CN(Cc1ccncc1Cl)[C@H]1CCOC[C@H]12. The van der Waals surface area contributed by atoms with E-state index in [1.54, 1.807) is 12.4 Å². The molecule has 6 heteroatoms. The number of aliphatic hydroxyl groups is 1. The van der Waals surface area contributed by atoms with Crippen LogP contribution in [0.3, 0.4) is 0 Å². The summed E-state index contributed by atoms with van der Waals surface area (Å²) in [5, 5.41) is 12.0. The van der Waals surface area contributed by atoms with Gasteiger partial charge in [-0.15, -0.1) is 0 Å². The third-order valence-corrected chi connectivity index (χ3v) is 6.13. The van der Waals surface area contributed by atoms with Crippen LogP contribution in [0.2, 0.25) is 5.02 Å². The molecule has 5 nitrogen and oxygen atoms in total. The first-order valence-corrected chi connectivity index (χ1v) is 8.76. The molecule has 0 radical (unpaired) electrons. The fourth-order valence-electron chi connectivity index (χ4n) is 4.50. The first kappa shape index (κ1) is 15.8. The van der Waals surface area contributed by atoms with Crippen molar-refractivity contribution >= 4 is 11.6 Å². The van der Waals surface area contributed by atoms with Crippen LogP contribution in [0, 0.1) is 11.8 Å². The van der Waals surface area contributed by atoms with Gasteiger partial charge in [-0.3, -0.25) is 9.88 Å². The largest absolute Gasteiger partial charge is 0.389 e. The molecule has 0 spiro atoms. The Bertz CT molecular complexity index is 573. The zero-order chi connectivity index (χ0) is 15.9. The van der Waals surface area contributed by atoms with Crippen molar-refractivity contribution < 1.29 is 14.6 Å². The van der Waals surface area contributed by atoms with E-state index < -0.39 is 5.60 Å². The summed E-state index contributed by atoms with van der Waals surface area (Å²) in [5.41, 5.74) is 0.441. The highest BCUT2D eigenvalue weighted by atomic mass is 35.5. The number of fused-ring (bicyclic) bond motifs is 3. The molecule has 23 heavy (non-hydrogen) atoms. The molecule has 126 valence electrons. The lowest BCUT2D eigenvalue weighted by Gasteiger charge is -2.57. The van der Waals surface area contributed by atoms with Crippen molar-refractivity contribution in [2.24, 2.45) is 11.8 Å². The van der Waals surface area contributed by atoms with Gasteiger partial charge in [0.25, 0.3) is 0 Å². The van der Waals surface area contributed by atoms with Gasteiger partial charge in [0.05, 0.1) is 23.8 Å². The number of pyridine rings is 1. The lowest BCUT2D eigenvalue weighted by Crippen LogP contribution is -2.67. The van der Waals surface area contributed by atoms with Gasteiger partial charge in [0.1, 0.15) is 0 Å². The Morgan fingerprint density at radius 1 is 1.35 bits per heavy atom. The Morgan fingerprint density at radius 2 is 2.22 bits per heavy atom. The Balaban J connectivity index is 1.61. The normalized spacial score (nSPS) is 37.9. The van der Waals surface area contributed by atoms with Crippen LogP contribution in [-0.2, 0) is 16.0 Å². The van der Waals surface area contributed by atoms with E-state index in [-0.39, 0.29) is 11.8 Å². The second-order valence-electron chi connectivity index (χ2n) is 6.95. The number of aromatic nitrogens is 1. The molecule has 1 N–H and O–H groups in total. The molecule has 3 fully saturated rings. The van der Waals surface area contributed by atoms with Crippen LogP contribution in [0.5, 0.6) is 0 Å². The summed E-state index contributed by atoms with van der Waals surface area (Å²) in [6.07, 6.45) is 5.16. The van der Waals surface area contributed by atoms with Crippen LogP contribution >= 0.6 is 11.6 Å². The summed E-state index contributed by atoms with van der Waals surface area (Å²) >= 11 is 6.30. The van der Waals surface area contributed by atoms with Gasteiger partial charge in [0.15, 0.2) is 0 Å². The highest BCUT2D eigenvalue weighted by Gasteiger charge is 2.55. The van der Waals surface area contributed by atoms with E-state index in [1.807, 2.05) is 6.07 Å². The van der Waals surface area contributed by atoms with E-state index in [0.29, 0.717) is 37.3 Å². The van der Waals surface area contributed by atoms with Crippen molar-refractivity contribution in [3.63, 3.8) is 0 Å². The van der Waals surface area contributed by atoms with E-state index in [2.05, 4.69) is 9.88 Å². The third-order valence-electron chi connectivity index (χ3n) is 5.79. The Hall–Kier alpha value is -0.720. The van der Waals surface area contributed by atoms with Crippen LogP contribution in [0.15, 0.2) is 18.5 Å². The smallest absolute Gasteiger partial charge is 0.0796 e. The van der Waals surface area contributed by atoms with Gasteiger partial charge < -0.3 is 14.6 Å². The molecule has 1 aromatic rings. The molecule has 0 saturated carbocycles.